The number of alkyl halides is 1. The topological polar surface area (TPSA) is 40.6 Å². The fourth-order valence-corrected chi connectivity index (χ4v) is 1.07. The summed E-state index contributed by atoms with van der Waals surface area (Å²) in [7, 11) is 3.10. The van der Waals surface area contributed by atoms with Crippen molar-refractivity contribution in [2.75, 3.05) is 21.0 Å². The van der Waals surface area contributed by atoms with Crippen molar-refractivity contribution < 1.29 is 14.2 Å². The van der Waals surface area contributed by atoms with Gasteiger partial charge in [0.1, 0.15) is 0 Å². The lowest BCUT2D eigenvalue weighted by atomic mass is 10.3. The molecule has 1 aromatic rings. The van der Waals surface area contributed by atoms with Gasteiger partial charge in [-0.1, -0.05) is 0 Å². The molecule has 0 spiro atoms. The zero-order chi connectivity index (χ0) is 10.4. The number of hydrogen-bond donors (Lipinski definition) is 0. The van der Waals surface area contributed by atoms with Gasteiger partial charge < -0.3 is 14.2 Å². The first-order valence-corrected chi connectivity index (χ1v) is 4.56. The smallest absolute Gasteiger partial charge is 0.188 e. The van der Waals surface area contributed by atoms with Gasteiger partial charge in [-0.25, -0.2) is 0 Å². The van der Waals surface area contributed by atoms with Crippen LogP contribution in [0, 0.1) is 0 Å². The molecule has 0 saturated carbocycles. The Morgan fingerprint density at radius 3 is 2.71 bits per heavy atom. The van der Waals surface area contributed by atoms with Gasteiger partial charge >= 0.3 is 0 Å². The van der Waals surface area contributed by atoms with Crippen LogP contribution >= 0.6 is 11.6 Å². The van der Waals surface area contributed by atoms with Crippen molar-refractivity contribution in [2.45, 2.75) is 5.88 Å². The number of nitrogens with zero attached hydrogens (tertiary/aromatic N) is 1. The molecule has 1 rings (SSSR count). The molecule has 14 heavy (non-hydrogen) atoms. The lowest BCUT2D eigenvalue weighted by Gasteiger charge is -2.09. The van der Waals surface area contributed by atoms with E-state index in [9.17, 15) is 0 Å². The Labute approximate surface area is 87.8 Å². The van der Waals surface area contributed by atoms with Crippen LogP contribution in [0.1, 0.15) is 5.69 Å². The number of methoxy groups -OCH3 is 2. The molecule has 0 aliphatic heterocycles. The summed E-state index contributed by atoms with van der Waals surface area (Å²) in [6.07, 6.45) is 1.57. The summed E-state index contributed by atoms with van der Waals surface area (Å²) in [5.41, 5.74) is 0.735. The second-order valence-electron chi connectivity index (χ2n) is 2.51. The molecule has 78 valence electrons. The Morgan fingerprint density at radius 2 is 2.14 bits per heavy atom. The van der Waals surface area contributed by atoms with E-state index in [1.165, 1.54) is 0 Å². The Balaban J connectivity index is 2.84. The molecule has 0 saturated heterocycles. The number of ether oxygens (including phenoxy) is 3. The van der Waals surface area contributed by atoms with Crippen molar-refractivity contribution in [3.05, 3.63) is 18.0 Å². The van der Waals surface area contributed by atoms with E-state index >= 15 is 0 Å². The van der Waals surface area contributed by atoms with Crippen molar-refractivity contribution >= 4 is 11.6 Å². The Hall–Kier alpha value is -1.00. The SMILES string of the molecule is COCOc1cc(CCl)ncc1OC. The minimum absolute atomic E-state index is 0.169. The number of rotatable bonds is 5. The number of pyridine rings is 1. The van der Waals surface area contributed by atoms with Crippen molar-refractivity contribution in [1.82, 2.24) is 4.98 Å². The average Bonchev–Trinajstić information content (AvgIpc) is 2.25. The lowest BCUT2D eigenvalue weighted by Crippen LogP contribution is -2.02. The molecule has 0 N–H and O–H groups in total. The molecule has 4 nitrogen and oxygen atoms in total. The number of aromatic nitrogens is 1. The number of halogens is 1. The summed E-state index contributed by atoms with van der Waals surface area (Å²) in [4.78, 5) is 4.06. The summed E-state index contributed by atoms with van der Waals surface area (Å²) in [5, 5.41) is 0. The Kier molecular flexibility index (Phi) is 4.49. The third kappa shape index (κ3) is 2.75. The molecule has 5 heteroatoms. The summed E-state index contributed by atoms with van der Waals surface area (Å²) in [6.45, 7) is 0.169. The van der Waals surface area contributed by atoms with Gasteiger partial charge in [-0.15, -0.1) is 11.6 Å². The highest BCUT2D eigenvalue weighted by molar-refractivity contribution is 6.16. The highest BCUT2D eigenvalue weighted by Crippen LogP contribution is 2.26. The average molecular weight is 218 g/mol. The third-order valence-electron chi connectivity index (χ3n) is 1.58. The first-order chi connectivity index (χ1) is 6.81. The molecular weight excluding hydrogens is 206 g/mol. The van der Waals surface area contributed by atoms with Crippen molar-refractivity contribution in [3.63, 3.8) is 0 Å². The predicted molar refractivity (Wildman–Crippen MR) is 52.9 cm³/mol. The van der Waals surface area contributed by atoms with Crippen LogP contribution in [-0.4, -0.2) is 26.0 Å². The largest absolute Gasteiger partial charge is 0.491 e. The monoisotopic (exact) mass is 217 g/mol. The fourth-order valence-electron chi connectivity index (χ4n) is 0.926. The molecule has 1 aromatic heterocycles. The molecule has 1 heterocycles. The summed E-state index contributed by atoms with van der Waals surface area (Å²) in [5.74, 6) is 1.49. The molecule has 0 atom stereocenters. The van der Waals surface area contributed by atoms with Gasteiger partial charge in [0.05, 0.1) is 24.9 Å². The van der Waals surface area contributed by atoms with Crippen LogP contribution in [0.25, 0.3) is 0 Å². The standard InChI is InChI=1S/C9H12ClNO3/c1-12-6-14-8-3-7(4-10)11-5-9(8)13-2/h3,5H,4,6H2,1-2H3. The molecule has 0 bridgehead atoms. The van der Waals surface area contributed by atoms with Crippen LogP contribution in [0.5, 0.6) is 11.5 Å². The van der Waals surface area contributed by atoms with E-state index in [1.54, 1.807) is 26.5 Å². The summed E-state index contributed by atoms with van der Waals surface area (Å²) < 4.78 is 15.1. The second-order valence-corrected chi connectivity index (χ2v) is 2.78. The van der Waals surface area contributed by atoms with Crippen LogP contribution in [-0.2, 0) is 10.6 Å². The molecule has 0 amide bonds. The Morgan fingerprint density at radius 1 is 1.36 bits per heavy atom. The highest BCUT2D eigenvalue weighted by atomic mass is 35.5. The van der Waals surface area contributed by atoms with E-state index in [-0.39, 0.29) is 6.79 Å². The Bertz CT molecular complexity index is 293. The molecule has 0 aromatic carbocycles. The normalized spacial score (nSPS) is 9.93. The third-order valence-corrected chi connectivity index (χ3v) is 1.85. The van der Waals surface area contributed by atoms with E-state index in [0.717, 1.165) is 5.69 Å². The highest BCUT2D eigenvalue weighted by Gasteiger charge is 2.06. The van der Waals surface area contributed by atoms with Crippen LogP contribution in [0.3, 0.4) is 0 Å². The van der Waals surface area contributed by atoms with E-state index in [0.29, 0.717) is 17.4 Å². The van der Waals surface area contributed by atoms with Crippen molar-refractivity contribution in [2.24, 2.45) is 0 Å². The molecule has 0 radical (unpaired) electrons. The van der Waals surface area contributed by atoms with E-state index < -0.39 is 0 Å². The zero-order valence-corrected chi connectivity index (χ0v) is 8.87. The number of hydrogen-bond acceptors (Lipinski definition) is 4. The van der Waals surface area contributed by atoms with E-state index in [2.05, 4.69) is 4.98 Å². The van der Waals surface area contributed by atoms with E-state index in [4.69, 9.17) is 25.8 Å². The molecule has 0 aliphatic rings. The minimum Gasteiger partial charge on any atom is -0.491 e. The van der Waals surface area contributed by atoms with Crippen molar-refractivity contribution in [1.29, 1.82) is 0 Å². The van der Waals surface area contributed by atoms with Gasteiger partial charge in [0.15, 0.2) is 18.3 Å². The van der Waals surface area contributed by atoms with Crippen LogP contribution in [0.2, 0.25) is 0 Å². The van der Waals surface area contributed by atoms with Crippen molar-refractivity contribution in [3.8, 4) is 11.5 Å². The van der Waals surface area contributed by atoms with Crippen LogP contribution in [0.15, 0.2) is 12.3 Å². The lowest BCUT2D eigenvalue weighted by molar-refractivity contribution is 0.0490. The molecular formula is C9H12ClNO3. The summed E-state index contributed by atoms with van der Waals surface area (Å²) >= 11 is 5.64. The fraction of sp³-hybridized carbons (Fsp3) is 0.444. The molecule has 0 fully saturated rings. The molecule has 0 unspecified atom stereocenters. The zero-order valence-electron chi connectivity index (χ0n) is 8.12. The first kappa shape index (κ1) is 11.1. The minimum atomic E-state index is 0.169. The van der Waals surface area contributed by atoms with Gasteiger partial charge in [-0.05, 0) is 0 Å². The van der Waals surface area contributed by atoms with Crippen LogP contribution in [0.4, 0.5) is 0 Å². The van der Waals surface area contributed by atoms with Gasteiger partial charge in [0.25, 0.3) is 0 Å². The predicted octanol–water partition coefficient (Wildman–Crippen LogP) is 1.81. The first-order valence-electron chi connectivity index (χ1n) is 4.02. The van der Waals surface area contributed by atoms with Gasteiger partial charge in [0, 0.05) is 13.2 Å². The molecule has 0 aliphatic carbocycles. The maximum absolute atomic E-state index is 5.64. The second kappa shape index (κ2) is 5.67. The van der Waals surface area contributed by atoms with E-state index in [1.807, 2.05) is 0 Å². The van der Waals surface area contributed by atoms with Gasteiger partial charge in [-0.3, -0.25) is 4.98 Å². The maximum Gasteiger partial charge on any atom is 0.188 e. The van der Waals surface area contributed by atoms with Gasteiger partial charge in [0.2, 0.25) is 0 Å². The quantitative estimate of drug-likeness (QED) is 0.557. The summed E-state index contributed by atoms with van der Waals surface area (Å²) in [6, 6.07) is 1.73. The maximum atomic E-state index is 5.64. The van der Waals surface area contributed by atoms with Crippen LogP contribution < -0.4 is 9.47 Å². The van der Waals surface area contributed by atoms with Gasteiger partial charge in [-0.2, -0.15) is 0 Å².